The highest BCUT2D eigenvalue weighted by molar-refractivity contribution is 7.92. The molecule has 0 aliphatic rings. The van der Waals surface area contributed by atoms with Crippen molar-refractivity contribution in [3.05, 3.63) is 81.3 Å². The molecule has 0 bridgehead atoms. The third kappa shape index (κ3) is 6.19. The van der Waals surface area contributed by atoms with Crippen LogP contribution in [0.15, 0.2) is 59.5 Å². The molecule has 0 aliphatic carbocycles. The fourth-order valence-corrected chi connectivity index (χ4v) is 4.40. The molecule has 0 aromatic heterocycles. The van der Waals surface area contributed by atoms with Gasteiger partial charge in [0.2, 0.25) is 0 Å². The summed E-state index contributed by atoms with van der Waals surface area (Å²) in [6.07, 6.45) is -0.777. The van der Waals surface area contributed by atoms with Gasteiger partial charge in [0, 0.05) is 15.7 Å². The highest BCUT2D eigenvalue weighted by Crippen LogP contribution is 2.27. The maximum absolute atomic E-state index is 12.7. The first-order valence-corrected chi connectivity index (χ1v) is 12.3. The maximum Gasteiger partial charge on any atom is 0.265 e. The molecule has 174 valence electrons. The van der Waals surface area contributed by atoms with Gasteiger partial charge in [0.25, 0.3) is 15.9 Å². The molecule has 0 radical (unpaired) electrons. The Morgan fingerprint density at radius 1 is 0.879 bits per heavy atom. The first kappa shape index (κ1) is 24.9. The summed E-state index contributed by atoms with van der Waals surface area (Å²) in [6, 6.07) is 14.3. The number of rotatable bonds is 7. The topological polar surface area (TPSA) is 84.5 Å². The molecule has 0 spiro atoms. The van der Waals surface area contributed by atoms with Crippen molar-refractivity contribution in [2.45, 2.75) is 38.7 Å². The fraction of sp³-hybridized carbons (Fsp3) is 0.208. The van der Waals surface area contributed by atoms with Gasteiger partial charge in [0.15, 0.2) is 6.10 Å². The van der Waals surface area contributed by atoms with Crippen LogP contribution in [-0.2, 0) is 14.8 Å². The molecular weight excluding hydrogens is 483 g/mol. The lowest BCUT2D eigenvalue weighted by atomic mass is 10.1. The second-order valence-corrected chi connectivity index (χ2v) is 10.2. The minimum absolute atomic E-state index is 0.0496. The van der Waals surface area contributed by atoms with Gasteiger partial charge < -0.3 is 10.1 Å². The Morgan fingerprint density at radius 2 is 1.45 bits per heavy atom. The second-order valence-electron chi connectivity index (χ2n) is 7.71. The Bertz CT molecular complexity index is 1270. The first-order valence-electron chi connectivity index (χ1n) is 10.1. The summed E-state index contributed by atoms with van der Waals surface area (Å²) < 4.78 is 33.5. The van der Waals surface area contributed by atoms with Gasteiger partial charge in [0.1, 0.15) is 5.75 Å². The van der Waals surface area contributed by atoms with Gasteiger partial charge in [-0.1, -0.05) is 29.3 Å². The van der Waals surface area contributed by atoms with Crippen molar-refractivity contribution in [3.63, 3.8) is 0 Å². The summed E-state index contributed by atoms with van der Waals surface area (Å²) in [7, 11) is -3.81. The summed E-state index contributed by atoms with van der Waals surface area (Å²) >= 11 is 12.2. The molecule has 6 nitrogen and oxygen atoms in total. The SMILES string of the molecule is Cc1ccc(NS(=O)(=O)c2ccc(NC(=O)[C@H](C)Oc3cc(C)c(Cl)c(C)c3)cc2)cc1Cl. The van der Waals surface area contributed by atoms with E-state index in [-0.39, 0.29) is 10.8 Å². The highest BCUT2D eigenvalue weighted by Gasteiger charge is 2.18. The van der Waals surface area contributed by atoms with Crippen LogP contribution in [0.3, 0.4) is 0 Å². The van der Waals surface area contributed by atoms with Crippen molar-refractivity contribution in [1.29, 1.82) is 0 Å². The third-order valence-corrected chi connectivity index (χ3v) is 7.35. The average molecular weight is 507 g/mol. The first-order chi connectivity index (χ1) is 15.5. The van der Waals surface area contributed by atoms with Crippen LogP contribution in [0.2, 0.25) is 10.0 Å². The van der Waals surface area contributed by atoms with Gasteiger partial charge in [0.05, 0.1) is 10.6 Å². The van der Waals surface area contributed by atoms with Gasteiger partial charge in [-0.3, -0.25) is 9.52 Å². The van der Waals surface area contributed by atoms with Gasteiger partial charge in [-0.15, -0.1) is 0 Å². The lowest BCUT2D eigenvalue weighted by Gasteiger charge is -2.16. The van der Waals surface area contributed by atoms with E-state index in [9.17, 15) is 13.2 Å². The Labute approximate surface area is 203 Å². The molecule has 1 atom stereocenters. The normalized spacial score (nSPS) is 12.2. The molecule has 0 aliphatic heterocycles. The van der Waals surface area contributed by atoms with Crippen LogP contribution in [0.5, 0.6) is 5.75 Å². The Hall–Kier alpha value is -2.74. The number of ether oxygens (including phenoxy) is 1. The van der Waals surface area contributed by atoms with Crippen LogP contribution in [0.1, 0.15) is 23.6 Å². The predicted octanol–water partition coefficient (Wildman–Crippen LogP) is 6.13. The summed E-state index contributed by atoms with van der Waals surface area (Å²) in [5.41, 5.74) is 3.37. The minimum Gasteiger partial charge on any atom is -0.481 e. The summed E-state index contributed by atoms with van der Waals surface area (Å²) in [6.45, 7) is 7.19. The number of sulfonamides is 1. The van der Waals surface area contributed by atoms with Crippen LogP contribution in [-0.4, -0.2) is 20.4 Å². The van der Waals surface area contributed by atoms with E-state index in [1.807, 2.05) is 20.8 Å². The van der Waals surface area contributed by atoms with Crippen LogP contribution < -0.4 is 14.8 Å². The van der Waals surface area contributed by atoms with Crippen LogP contribution in [0.4, 0.5) is 11.4 Å². The Balaban J connectivity index is 1.65. The smallest absolute Gasteiger partial charge is 0.265 e. The van der Waals surface area contributed by atoms with Gasteiger partial charge in [-0.05, 0) is 92.9 Å². The molecule has 33 heavy (non-hydrogen) atoms. The molecular formula is C24H24Cl2N2O4S. The number of carbonyl (C=O) groups excluding carboxylic acids is 1. The van der Waals surface area contributed by atoms with Crippen molar-refractivity contribution in [2.24, 2.45) is 0 Å². The molecule has 0 fully saturated rings. The van der Waals surface area contributed by atoms with E-state index in [0.29, 0.717) is 27.2 Å². The van der Waals surface area contributed by atoms with Gasteiger partial charge in [-0.25, -0.2) is 8.42 Å². The molecule has 3 aromatic rings. The standard InChI is InChI=1S/C24H24Cl2N2O4S/c1-14-5-6-19(13-22(14)25)28-33(30,31)21-9-7-18(8-10-21)27-24(29)17(4)32-20-11-15(2)23(26)16(3)12-20/h5-13,17,28H,1-4H3,(H,27,29)/t17-/m0/s1. The fourth-order valence-electron chi connectivity index (χ4n) is 3.06. The molecule has 0 unspecified atom stereocenters. The van der Waals surface area contributed by atoms with E-state index in [4.69, 9.17) is 27.9 Å². The molecule has 2 N–H and O–H groups in total. The number of anilines is 2. The zero-order chi connectivity index (χ0) is 24.3. The van der Waals surface area contributed by atoms with Crippen molar-refractivity contribution in [2.75, 3.05) is 10.0 Å². The van der Waals surface area contributed by atoms with Crippen LogP contribution >= 0.6 is 23.2 Å². The number of benzene rings is 3. The van der Waals surface area contributed by atoms with Gasteiger partial charge in [-0.2, -0.15) is 0 Å². The molecule has 3 rings (SSSR count). The zero-order valence-electron chi connectivity index (χ0n) is 18.6. The largest absolute Gasteiger partial charge is 0.481 e. The van der Waals surface area contributed by atoms with Crippen LogP contribution in [0, 0.1) is 20.8 Å². The number of hydrogen-bond donors (Lipinski definition) is 2. The van der Waals surface area contributed by atoms with E-state index >= 15 is 0 Å². The van der Waals surface area contributed by atoms with E-state index in [1.165, 1.54) is 24.3 Å². The lowest BCUT2D eigenvalue weighted by molar-refractivity contribution is -0.122. The Kier molecular flexibility index (Phi) is 7.57. The summed E-state index contributed by atoms with van der Waals surface area (Å²) in [5.74, 6) is 0.170. The predicted molar refractivity (Wildman–Crippen MR) is 133 cm³/mol. The maximum atomic E-state index is 12.7. The zero-order valence-corrected chi connectivity index (χ0v) is 20.9. The van der Waals surface area contributed by atoms with Crippen molar-refractivity contribution >= 4 is 50.5 Å². The third-order valence-electron chi connectivity index (χ3n) is 4.95. The van der Waals surface area contributed by atoms with E-state index < -0.39 is 16.1 Å². The monoisotopic (exact) mass is 506 g/mol. The quantitative estimate of drug-likeness (QED) is 0.403. The average Bonchev–Trinajstić information content (AvgIpc) is 2.74. The van der Waals surface area contributed by atoms with E-state index in [0.717, 1.165) is 16.7 Å². The van der Waals surface area contributed by atoms with Gasteiger partial charge >= 0.3 is 0 Å². The lowest BCUT2D eigenvalue weighted by Crippen LogP contribution is -2.30. The van der Waals surface area contributed by atoms with Crippen LogP contribution in [0.25, 0.3) is 0 Å². The molecule has 9 heteroatoms. The molecule has 0 heterocycles. The Morgan fingerprint density at radius 3 is 2.03 bits per heavy atom. The molecule has 3 aromatic carbocycles. The van der Waals surface area contributed by atoms with E-state index in [2.05, 4.69) is 10.0 Å². The number of hydrogen-bond acceptors (Lipinski definition) is 4. The van der Waals surface area contributed by atoms with Crippen molar-refractivity contribution < 1.29 is 17.9 Å². The summed E-state index contributed by atoms with van der Waals surface area (Å²) in [4.78, 5) is 12.6. The molecule has 1 amide bonds. The summed E-state index contributed by atoms with van der Waals surface area (Å²) in [5, 5.41) is 3.85. The number of halogens is 2. The van der Waals surface area contributed by atoms with Crippen molar-refractivity contribution in [3.8, 4) is 5.75 Å². The van der Waals surface area contributed by atoms with Crippen molar-refractivity contribution in [1.82, 2.24) is 0 Å². The second kappa shape index (κ2) is 10.0. The highest BCUT2D eigenvalue weighted by atomic mass is 35.5. The number of aryl methyl sites for hydroxylation is 3. The minimum atomic E-state index is -3.81. The molecule has 0 saturated carbocycles. The number of carbonyl (C=O) groups is 1. The molecule has 0 saturated heterocycles. The van der Waals surface area contributed by atoms with E-state index in [1.54, 1.807) is 37.3 Å². The number of nitrogens with one attached hydrogen (secondary N) is 2. The number of amides is 1.